The normalized spacial score (nSPS) is 25.3. The first-order chi connectivity index (χ1) is 8.61. The maximum Gasteiger partial charge on any atom is 0.0279 e. The molecule has 18 heavy (non-hydrogen) atoms. The molecule has 0 heterocycles. The number of hydrogen-bond acceptors (Lipinski definition) is 2. The average molecular weight is 246 g/mol. The van der Waals surface area contributed by atoms with Crippen molar-refractivity contribution < 1.29 is 0 Å². The molecular weight excluding hydrogens is 220 g/mol. The van der Waals surface area contributed by atoms with Crippen LogP contribution in [0.4, 0.5) is 0 Å². The second-order valence-corrected chi connectivity index (χ2v) is 6.03. The molecule has 3 atom stereocenters. The van der Waals surface area contributed by atoms with Crippen molar-refractivity contribution in [1.29, 1.82) is 0 Å². The third-order valence-corrected chi connectivity index (χ3v) is 4.59. The van der Waals surface area contributed by atoms with Gasteiger partial charge in [0.1, 0.15) is 0 Å². The molecule has 0 aliphatic heterocycles. The van der Waals surface area contributed by atoms with Gasteiger partial charge in [-0.15, -0.1) is 0 Å². The van der Waals surface area contributed by atoms with Gasteiger partial charge in [-0.1, -0.05) is 31.5 Å². The number of nitrogens with two attached hydrogens (primary N) is 1. The summed E-state index contributed by atoms with van der Waals surface area (Å²) in [6.45, 7) is 6.76. The SMILES string of the molecule is Cc1cccc(C)c1CC(NN)C1CCC(C)C1. The minimum atomic E-state index is 0.426. The Morgan fingerprint density at radius 3 is 2.44 bits per heavy atom. The van der Waals surface area contributed by atoms with Crippen molar-refractivity contribution in [2.75, 3.05) is 0 Å². The highest BCUT2D eigenvalue weighted by atomic mass is 15.2. The van der Waals surface area contributed by atoms with Gasteiger partial charge < -0.3 is 0 Å². The van der Waals surface area contributed by atoms with Gasteiger partial charge in [-0.2, -0.15) is 0 Å². The smallest absolute Gasteiger partial charge is 0.0279 e. The Morgan fingerprint density at radius 1 is 1.28 bits per heavy atom. The van der Waals surface area contributed by atoms with Crippen LogP contribution in [0.25, 0.3) is 0 Å². The Labute approximate surface area is 111 Å². The molecule has 3 N–H and O–H groups in total. The van der Waals surface area contributed by atoms with Gasteiger partial charge in [0.2, 0.25) is 0 Å². The van der Waals surface area contributed by atoms with Crippen LogP contribution >= 0.6 is 0 Å². The lowest BCUT2D eigenvalue weighted by Gasteiger charge is -2.24. The molecule has 1 aromatic carbocycles. The zero-order valence-electron chi connectivity index (χ0n) is 11.9. The summed E-state index contributed by atoms with van der Waals surface area (Å²) >= 11 is 0. The maximum absolute atomic E-state index is 5.80. The van der Waals surface area contributed by atoms with Gasteiger partial charge in [0, 0.05) is 6.04 Å². The van der Waals surface area contributed by atoms with Crippen LogP contribution < -0.4 is 11.3 Å². The number of hydrogen-bond donors (Lipinski definition) is 2. The van der Waals surface area contributed by atoms with Crippen molar-refractivity contribution in [3.05, 3.63) is 34.9 Å². The van der Waals surface area contributed by atoms with E-state index >= 15 is 0 Å². The first kappa shape index (κ1) is 13.6. The van der Waals surface area contributed by atoms with Gasteiger partial charge in [0.25, 0.3) is 0 Å². The third kappa shape index (κ3) is 2.93. The summed E-state index contributed by atoms with van der Waals surface area (Å²) in [6.07, 6.45) is 5.06. The van der Waals surface area contributed by atoms with Crippen LogP contribution in [0.5, 0.6) is 0 Å². The van der Waals surface area contributed by atoms with Crippen LogP contribution in [0.3, 0.4) is 0 Å². The fraction of sp³-hybridized carbons (Fsp3) is 0.625. The minimum Gasteiger partial charge on any atom is -0.271 e. The lowest BCUT2D eigenvalue weighted by Crippen LogP contribution is -2.42. The molecule has 1 aromatic rings. The molecule has 2 rings (SSSR count). The highest BCUT2D eigenvalue weighted by Gasteiger charge is 2.28. The van der Waals surface area contributed by atoms with Crippen molar-refractivity contribution >= 4 is 0 Å². The Bertz CT molecular complexity index is 380. The predicted octanol–water partition coefficient (Wildman–Crippen LogP) is 3.11. The summed E-state index contributed by atoms with van der Waals surface area (Å²) in [5, 5.41) is 0. The number of nitrogens with one attached hydrogen (secondary N) is 1. The van der Waals surface area contributed by atoms with Gasteiger partial charge in [-0.05, 0) is 61.6 Å². The molecule has 0 bridgehead atoms. The second kappa shape index (κ2) is 5.85. The average Bonchev–Trinajstić information content (AvgIpc) is 2.76. The van der Waals surface area contributed by atoms with Gasteiger partial charge in [0.05, 0.1) is 0 Å². The number of aryl methyl sites for hydroxylation is 2. The molecule has 0 radical (unpaired) electrons. The largest absolute Gasteiger partial charge is 0.271 e. The Morgan fingerprint density at radius 2 is 1.94 bits per heavy atom. The molecule has 2 heteroatoms. The minimum absolute atomic E-state index is 0.426. The van der Waals surface area contributed by atoms with E-state index in [-0.39, 0.29) is 0 Å². The first-order valence-corrected chi connectivity index (χ1v) is 7.13. The molecule has 2 nitrogen and oxygen atoms in total. The summed E-state index contributed by atoms with van der Waals surface area (Å²) in [7, 11) is 0. The molecule has 1 saturated carbocycles. The van der Waals surface area contributed by atoms with Crippen molar-refractivity contribution in [2.24, 2.45) is 17.7 Å². The second-order valence-electron chi connectivity index (χ2n) is 6.03. The van der Waals surface area contributed by atoms with E-state index in [0.717, 1.165) is 18.3 Å². The van der Waals surface area contributed by atoms with Crippen LogP contribution in [0.1, 0.15) is 42.9 Å². The standard InChI is InChI=1S/C16H26N2/c1-11-7-8-14(9-11)16(18-17)10-15-12(2)5-4-6-13(15)3/h4-6,11,14,16,18H,7-10,17H2,1-3H3. The monoisotopic (exact) mass is 246 g/mol. The number of benzene rings is 1. The van der Waals surface area contributed by atoms with Gasteiger partial charge >= 0.3 is 0 Å². The molecule has 0 amide bonds. The van der Waals surface area contributed by atoms with Crippen LogP contribution in [0.15, 0.2) is 18.2 Å². The van der Waals surface area contributed by atoms with E-state index in [1.165, 1.54) is 36.0 Å². The molecule has 1 aliphatic rings. The highest BCUT2D eigenvalue weighted by molar-refractivity contribution is 5.34. The summed E-state index contributed by atoms with van der Waals surface area (Å²) in [6, 6.07) is 6.96. The zero-order valence-corrected chi connectivity index (χ0v) is 11.9. The quantitative estimate of drug-likeness (QED) is 0.633. The van der Waals surface area contributed by atoms with E-state index in [9.17, 15) is 0 Å². The predicted molar refractivity (Wildman–Crippen MR) is 77.2 cm³/mol. The van der Waals surface area contributed by atoms with Crippen LogP contribution in [-0.2, 0) is 6.42 Å². The van der Waals surface area contributed by atoms with E-state index in [1.807, 2.05) is 0 Å². The van der Waals surface area contributed by atoms with Crippen molar-refractivity contribution in [3.8, 4) is 0 Å². The van der Waals surface area contributed by atoms with E-state index in [4.69, 9.17) is 5.84 Å². The molecule has 3 unspecified atom stereocenters. The topological polar surface area (TPSA) is 38.0 Å². The molecule has 0 aromatic heterocycles. The molecule has 100 valence electrons. The summed E-state index contributed by atoms with van der Waals surface area (Å²) in [5.41, 5.74) is 7.32. The van der Waals surface area contributed by atoms with Crippen molar-refractivity contribution in [2.45, 2.75) is 52.5 Å². The summed E-state index contributed by atoms with van der Waals surface area (Å²) in [4.78, 5) is 0. The molecular formula is C16H26N2. The summed E-state index contributed by atoms with van der Waals surface area (Å²) < 4.78 is 0. The molecule has 0 spiro atoms. The number of hydrazine groups is 1. The molecule has 1 fully saturated rings. The fourth-order valence-corrected chi connectivity index (χ4v) is 3.37. The van der Waals surface area contributed by atoms with Gasteiger partial charge in [-0.3, -0.25) is 11.3 Å². The van der Waals surface area contributed by atoms with Crippen molar-refractivity contribution in [3.63, 3.8) is 0 Å². The molecule has 1 aliphatic carbocycles. The number of rotatable bonds is 4. The highest BCUT2D eigenvalue weighted by Crippen LogP contribution is 2.34. The lowest BCUT2D eigenvalue weighted by molar-refractivity contribution is 0.352. The van der Waals surface area contributed by atoms with Crippen LogP contribution in [0, 0.1) is 25.7 Å². The Kier molecular flexibility index (Phi) is 4.41. The van der Waals surface area contributed by atoms with E-state index < -0.39 is 0 Å². The maximum atomic E-state index is 5.80. The summed E-state index contributed by atoms with van der Waals surface area (Å²) in [5.74, 6) is 7.40. The Hall–Kier alpha value is -0.860. The van der Waals surface area contributed by atoms with E-state index in [0.29, 0.717) is 6.04 Å². The van der Waals surface area contributed by atoms with E-state index in [1.54, 1.807) is 0 Å². The first-order valence-electron chi connectivity index (χ1n) is 7.13. The van der Waals surface area contributed by atoms with Crippen molar-refractivity contribution in [1.82, 2.24) is 5.43 Å². The third-order valence-electron chi connectivity index (χ3n) is 4.59. The molecule has 0 saturated heterocycles. The van der Waals surface area contributed by atoms with Crippen LogP contribution in [0.2, 0.25) is 0 Å². The van der Waals surface area contributed by atoms with Gasteiger partial charge in [-0.25, -0.2) is 0 Å². The fourth-order valence-electron chi connectivity index (χ4n) is 3.37. The van der Waals surface area contributed by atoms with E-state index in [2.05, 4.69) is 44.4 Å². The Balaban J connectivity index is 2.10. The van der Waals surface area contributed by atoms with Gasteiger partial charge in [0.15, 0.2) is 0 Å². The van der Waals surface area contributed by atoms with Crippen LogP contribution in [-0.4, -0.2) is 6.04 Å². The zero-order chi connectivity index (χ0) is 13.1. The lowest BCUT2D eigenvalue weighted by atomic mass is 9.88.